The first-order valence-corrected chi connectivity index (χ1v) is 13.5. The molecule has 1 aromatic rings. The van der Waals surface area contributed by atoms with Crippen molar-refractivity contribution in [2.24, 2.45) is 0 Å². The first-order chi connectivity index (χ1) is 18.3. The molecule has 39 heavy (non-hydrogen) atoms. The van der Waals surface area contributed by atoms with E-state index >= 15 is 0 Å². The van der Waals surface area contributed by atoms with Crippen LogP contribution in [-0.4, -0.2) is 77.7 Å². The minimum absolute atomic E-state index is 0.0519. The minimum atomic E-state index is -1.22. The predicted molar refractivity (Wildman–Crippen MR) is 144 cm³/mol. The normalized spacial score (nSPS) is 25.8. The Balaban J connectivity index is 1.82. The van der Waals surface area contributed by atoms with E-state index in [1.807, 2.05) is 26.0 Å². The minimum Gasteiger partial charge on any atom is -0.497 e. The molecule has 0 aromatic heterocycles. The molecule has 1 aromatic carbocycles. The Bertz CT molecular complexity index is 1200. The van der Waals surface area contributed by atoms with E-state index in [0.29, 0.717) is 36.4 Å². The van der Waals surface area contributed by atoms with E-state index < -0.39 is 47.1 Å². The Morgan fingerprint density at radius 3 is 2.51 bits per heavy atom. The molecule has 1 spiro atoms. The molecule has 2 fully saturated rings. The number of anilines is 1. The summed E-state index contributed by atoms with van der Waals surface area (Å²) < 4.78 is 16.4. The summed E-state index contributed by atoms with van der Waals surface area (Å²) in [7, 11) is 1.55. The van der Waals surface area contributed by atoms with Gasteiger partial charge in [0.2, 0.25) is 11.8 Å². The van der Waals surface area contributed by atoms with Crippen molar-refractivity contribution in [2.75, 3.05) is 25.6 Å². The number of esters is 1. The number of hydrogen-bond donors (Lipinski definition) is 1. The van der Waals surface area contributed by atoms with Crippen LogP contribution in [0.15, 0.2) is 29.8 Å². The third kappa shape index (κ3) is 5.08. The molecule has 3 amide bonds. The summed E-state index contributed by atoms with van der Waals surface area (Å²) in [6.45, 7) is 11.3. The first-order valence-electron chi connectivity index (χ1n) is 13.5. The number of ether oxygens (including phenoxy) is 3. The van der Waals surface area contributed by atoms with Gasteiger partial charge in [-0.3, -0.25) is 14.5 Å². The quantitative estimate of drug-likeness (QED) is 0.446. The maximum Gasteiger partial charge on any atom is 0.410 e. The third-order valence-corrected chi connectivity index (χ3v) is 7.49. The van der Waals surface area contributed by atoms with Crippen molar-refractivity contribution >= 4 is 29.6 Å². The van der Waals surface area contributed by atoms with E-state index in [2.05, 4.69) is 5.32 Å². The average Bonchev–Trinajstić information content (AvgIpc) is 3.53. The van der Waals surface area contributed by atoms with Gasteiger partial charge in [-0.2, -0.15) is 0 Å². The van der Waals surface area contributed by atoms with E-state index in [9.17, 15) is 19.2 Å². The Labute approximate surface area is 229 Å². The number of nitrogens with one attached hydrogen (secondary N) is 1. The lowest BCUT2D eigenvalue weighted by Gasteiger charge is -2.36. The highest BCUT2D eigenvalue weighted by Crippen LogP contribution is 2.52. The standard InChI is InChI=1S/C29H39N3O7/c1-8-38-25(34)22-16-29(19-12-11-18(37-7)15-20(19)30-26(29)35)23(14-17(2)3)32(22)24(33)21-10-9-13-31(21)27(36)39-28(4,5)6/h11-12,14-15,21-23H,8-10,13,16H2,1-7H3,(H,30,35)/t21-,22?,23+,29-/m0/s1. The molecule has 212 valence electrons. The topological polar surface area (TPSA) is 114 Å². The fourth-order valence-electron chi connectivity index (χ4n) is 5.95. The van der Waals surface area contributed by atoms with E-state index in [1.165, 1.54) is 9.80 Å². The number of methoxy groups -OCH3 is 1. The van der Waals surface area contributed by atoms with E-state index in [4.69, 9.17) is 14.2 Å². The Hall–Kier alpha value is -3.56. The summed E-state index contributed by atoms with van der Waals surface area (Å²) in [5, 5.41) is 2.96. The number of benzene rings is 1. The second kappa shape index (κ2) is 10.5. The molecule has 1 N–H and O–H groups in total. The lowest BCUT2D eigenvalue weighted by molar-refractivity contribution is -0.155. The van der Waals surface area contributed by atoms with Crippen molar-refractivity contribution in [1.82, 2.24) is 9.80 Å². The average molecular weight is 542 g/mol. The van der Waals surface area contributed by atoms with Crippen molar-refractivity contribution in [3.63, 3.8) is 0 Å². The van der Waals surface area contributed by atoms with Gasteiger partial charge >= 0.3 is 12.1 Å². The summed E-state index contributed by atoms with van der Waals surface area (Å²) >= 11 is 0. The molecule has 3 heterocycles. The number of carbonyl (C=O) groups is 4. The molecule has 4 rings (SSSR count). The summed E-state index contributed by atoms with van der Waals surface area (Å²) in [6.07, 6.45) is 2.39. The van der Waals surface area contributed by atoms with Gasteiger partial charge in [0.1, 0.15) is 28.8 Å². The molecule has 0 radical (unpaired) electrons. The maximum absolute atomic E-state index is 14.4. The molecule has 0 aliphatic carbocycles. The summed E-state index contributed by atoms with van der Waals surface area (Å²) in [5.74, 6) is -0.693. The molecule has 3 aliphatic rings. The number of hydrogen-bond acceptors (Lipinski definition) is 7. The monoisotopic (exact) mass is 541 g/mol. The van der Waals surface area contributed by atoms with Crippen LogP contribution in [0, 0.1) is 0 Å². The summed E-state index contributed by atoms with van der Waals surface area (Å²) in [6, 6.07) is 2.72. The number of likely N-dealkylation sites (tertiary alicyclic amines) is 2. The van der Waals surface area contributed by atoms with Gasteiger partial charge in [-0.25, -0.2) is 9.59 Å². The Morgan fingerprint density at radius 2 is 1.90 bits per heavy atom. The highest BCUT2D eigenvalue weighted by atomic mass is 16.6. The van der Waals surface area contributed by atoms with Crippen molar-refractivity contribution in [3.05, 3.63) is 35.4 Å². The van der Waals surface area contributed by atoms with Crippen LogP contribution in [0.25, 0.3) is 0 Å². The van der Waals surface area contributed by atoms with Crippen LogP contribution in [0.5, 0.6) is 5.75 Å². The van der Waals surface area contributed by atoms with Crippen LogP contribution in [0.3, 0.4) is 0 Å². The second-order valence-electron chi connectivity index (χ2n) is 11.6. The second-order valence-corrected chi connectivity index (χ2v) is 11.6. The maximum atomic E-state index is 14.4. The molecule has 2 saturated heterocycles. The van der Waals surface area contributed by atoms with Crippen LogP contribution < -0.4 is 10.1 Å². The van der Waals surface area contributed by atoms with Gasteiger partial charge in [0.15, 0.2) is 0 Å². The van der Waals surface area contributed by atoms with Crippen molar-refractivity contribution in [1.29, 1.82) is 0 Å². The van der Waals surface area contributed by atoms with Crippen LogP contribution >= 0.6 is 0 Å². The van der Waals surface area contributed by atoms with Gasteiger partial charge in [0.05, 0.1) is 19.8 Å². The van der Waals surface area contributed by atoms with Crippen LogP contribution in [0.2, 0.25) is 0 Å². The number of carbonyl (C=O) groups excluding carboxylic acids is 4. The number of nitrogens with zero attached hydrogens (tertiary/aromatic N) is 2. The van der Waals surface area contributed by atoms with Gasteiger partial charge in [-0.15, -0.1) is 0 Å². The van der Waals surface area contributed by atoms with Crippen LogP contribution in [-0.2, 0) is 29.3 Å². The van der Waals surface area contributed by atoms with Crippen LogP contribution in [0.4, 0.5) is 10.5 Å². The fraction of sp³-hybridized carbons (Fsp3) is 0.586. The number of allylic oxidation sites excluding steroid dienone is 1. The van der Waals surface area contributed by atoms with Gasteiger partial charge < -0.3 is 24.4 Å². The van der Waals surface area contributed by atoms with Gasteiger partial charge in [-0.1, -0.05) is 17.7 Å². The molecule has 10 heteroatoms. The number of fused-ring (bicyclic) bond motifs is 2. The molecule has 3 aliphatic heterocycles. The molecule has 1 unspecified atom stereocenters. The van der Waals surface area contributed by atoms with Gasteiger partial charge in [0, 0.05) is 18.3 Å². The van der Waals surface area contributed by atoms with E-state index in [1.54, 1.807) is 46.9 Å². The van der Waals surface area contributed by atoms with E-state index in [-0.39, 0.29) is 18.9 Å². The zero-order chi connectivity index (χ0) is 28.7. The number of rotatable bonds is 5. The zero-order valence-corrected chi connectivity index (χ0v) is 23.8. The van der Waals surface area contributed by atoms with E-state index in [0.717, 1.165) is 5.57 Å². The summed E-state index contributed by atoms with van der Waals surface area (Å²) in [4.78, 5) is 57.6. The van der Waals surface area contributed by atoms with Crippen molar-refractivity contribution in [2.45, 2.75) is 89.9 Å². The van der Waals surface area contributed by atoms with Crippen molar-refractivity contribution in [3.8, 4) is 5.75 Å². The SMILES string of the molecule is CCOC(=O)C1C[C@@]2(C(=O)Nc3cc(OC)ccc32)[C@@H](C=C(C)C)N1C(=O)[C@@H]1CCCN1C(=O)OC(C)(C)C. The fourth-order valence-corrected chi connectivity index (χ4v) is 5.95. The smallest absolute Gasteiger partial charge is 0.410 e. The Kier molecular flexibility index (Phi) is 7.69. The molecule has 4 atom stereocenters. The lowest BCUT2D eigenvalue weighted by Crippen LogP contribution is -2.56. The summed E-state index contributed by atoms with van der Waals surface area (Å²) in [5.41, 5.74) is 0.208. The lowest BCUT2D eigenvalue weighted by atomic mass is 9.73. The molecular formula is C29H39N3O7. The largest absolute Gasteiger partial charge is 0.497 e. The predicted octanol–water partition coefficient (Wildman–Crippen LogP) is 3.78. The Morgan fingerprint density at radius 1 is 1.18 bits per heavy atom. The first kappa shape index (κ1) is 28.4. The molecule has 0 saturated carbocycles. The van der Waals surface area contributed by atoms with Crippen molar-refractivity contribution < 1.29 is 33.4 Å². The van der Waals surface area contributed by atoms with Gasteiger partial charge in [0.25, 0.3) is 0 Å². The number of amides is 3. The molecule has 10 nitrogen and oxygen atoms in total. The third-order valence-electron chi connectivity index (χ3n) is 7.49. The highest BCUT2D eigenvalue weighted by molar-refractivity contribution is 6.09. The van der Waals surface area contributed by atoms with Crippen LogP contribution in [0.1, 0.15) is 66.4 Å². The zero-order valence-electron chi connectivity index (χ0n) is 23.8. The van der Waals surface area contributed by atoms with Gasteiger partial charge in [-0.05, 0) is 72.4 Å². The molecular weight excluding hydrogens is 502 g/mol. The highest BCUT2D eigenvalue weighted by Gasteiger charge is 2.64. The molecule has 0 bridgehead atoms.